The molecule has 1 atom stereocenters. The van der Waals surface area contributed by atoms with E-state index in [1.807, 2.05) is 30.3 Å². The Morgan fingerprint density at radius 1 is 0.884 bits per heavy atom. The average molecular weight is 632 g/mol. The number of likely N-dealkylation sites (N-methyl/N-ethyl adjacent to an activating group) is 1. The van der Waals surface area contributed by atoms with E-state index in [0.29, 0.717) is 25.1 Å². The standard InChI is InChI=1S/C31H38ClN3O7S/c1-6-25(31(37)33-7-2)34(18-17-22-11-9-8-10-12-22)30(36)21-35(26-19-23(32)13-15-27(26)40-3)43(38,39)24-14-16-28(41-4)29(20-24)42-5/h8-16,19-20,25H,6-7,17-18,21H2,1-5H3,(H,33,37)/t25-/m1/s1. The minimum absolute atomic E-state index is 0.0622. The monoisotopic (exact) mass is 631 g/mol. The first-order chi connectivity index (χ1) is 20.6. The van der Waals surface area contributed by atoms with Gasteiger partial charge in [-0.2, -0.15) is 0 Å². The molecule has 0 heterocycles. The largest absolute Gasteiger partial charge is 0.495 e. The molecule has 0 bridgehead atoms. The van der Waals surface area contributed by atoms with E-state index in [1.165, 1.54) is 56.6 Å². The lowest BCUT2D eigenvalue weighted by atomic mass is 10.1. The van der Waals surface area contributed by atoms with Crippen molar-refractivity contribution in [2.75, 3.05) is 45.3 Å². The third-order valence-electron chi connectivity index (χ3n) is 6.85. The Balaban J connectivity index is 2.12. The van der Waals surface area contributed by atoms with Gasteiger partial charge in [0, 0.05) is 24.2 Å². The van der Waals surface area contributed by atoms with Crippen molar-refractivity contribution in [3.8, 4) is 17.2 Å². The van der Waals surface area contributed by atoms with Crippen LogP contribution >= 0.6 is 11.6 Å². The number of hydrogen-bond acceptors (Lipinski definition) is 7. The molecule has 0 saturated heterocycles. The number of nitrogens with zero attached hydrogens (tertiary/aromatic N) is 2. The van der Waals surface area contributed by atoms with Crippen LogP contribution in [0.1, 0.15) is 25.8 Å². The van der Waals surface area contributed by atoms with Gasteiger partial charge in [0.15, 0.2) is 11.5 Å². The average Bonchev–Trinajstić information content (AvgIpc) is 3.01. The van der Waals surface area contributed by atoms with Crippen LogP contribution in [0, 0.1) is 0 Å². The summed E-state index contributed by atoms with van der Waals surface area (Å²) in [5.74, 6) is -0.169. The van der Waals surface area contributed by atoms with Crippen LogP contribution in [0.15, 0.2) is 71.6 Å². The summed E-state index contributed by atoms with van der Waals surface area (Å²) in [6.07, 6.45) is 0.792. The fourth-order valence-corrected chi connectivity index (χ4v) is 6.26. The summed E-state index contributed by atoms with van der Waals surface area (Å²) in [4.78, 5) is 28.5. The highest BCUT2D eigenvalue weighted by Gasteiger charge is 2.35. The number of carbonyl (C=O) groups is 2. The first-order valence-corrected chi connectivity index (χ1v) is 15.6. The zero-order chi connectivity index (χ0) is 31.6. The third-order valence-corrected chi connectivity index (χ3v) is 8.84. The molecule has 10 nitrogen and oxygen atoms in total. The quantitative estimate of drug-likeness (QED) is 0.262. The number of ether oxygens (including phenoxy) is 3. The summed E-state index contributed by atoms with van der Waals surface area (Å²) < 4.78 is 45.6. The Hall–Kier alpha value is -3.96. The van der Waals surface area contributed by atoms with Crippen LogP contribution in [0.3, 0.4) is 0 Å². The van der Waals surface area contributed by atoms with Crippen molar-refractivity contribution in [2.45, 2.75) is 37.6 Å². The fraction of sp³-hybridized carbons (Fsp3) is 0.355. The van der Waals surface area contributed by atoms with Crippen LogP contribution in [0.5, 0.6) is 17.2 Å². The summed E-state index contributed by atoms with van der Waals surface area (Å²) in [6.45, 7) is 3.55. The molecule has 1 N–H and O–H groups in total. The first kappa shape index (κ1) is 33.5. The molecule has 12 heteroatoms. The number of sulfonamides is 1. The van der Waals surface area contributed by atoms with Crippen molar-refractivity contribution >= 4 is 39.1 Å². The molecule has 43 heavy (non-hydrogen) atoms. The van der Waals surface area contributed by atoms with Crippen molar-refractivity contribution < 1.29 is 32.2 Å². The minimum Gasteiger partial charge on any atom is -0.495 e. The van der Waals surface area contributed by atoms with Crippen LogP contribution in [0.2, 0.25) is 5.02 Å². The lowest BCUT2D eigenvalue weighted by Gasteiger charge is -2.33. The molecule has 3 aromatic carbocycles. The lowest BCUT2D eigenvalue weighted by molar-refractivity contribution is -0.139. The Bertz CT molecular complexity index is 1500. The second-order valence-corrected chi connectivity index (χ2v) is 11.8. The molecule has 0 radical (unpaired) electrons. The van der Waals surface area contributed by atoms with Gasteiger partial charge in [0.25, 0.3) is 10.0 Å². The molecule has 0 aliphatic carbocycles. The summed E-state index contributed by atoms with van der Waals surface area (Å²) in [5.41, 5.74) is 1.03. The molecule has 3 rings (SSSR count). The van der Waals surface area contributed by atoms with Gasteiger partial charge in [0.1, 0.15) is 18.3 Å². The molecule has 0 aromatic heterocycles. The summed E-state index contributed by atoms with van der Waals surface area (Å²) >= 11 is 6.31. The van der Waals surface area contributed by atoms with Gasteiger partial charge in [-0.05, 0) is 55.7 Å². The zero-order valence-corrected chi connectivity index (χ0v) is 26.6. The van der Waals surface area contributed by atoms with E-state index in [9.17, 15) is 18.0 Å². The van der Waals surface area contributed by atoms with E-state index in [1.54, 1.807) is 19.9 Å². The molecule has 2 amide bonds. The van der Waals surface area contributed by atoms with Crippen molar-refractivity contribution in [1.82, 2.24) is 10.2 Å². The van der Waals surface area contributed by atoms with Gasteiger partial charge in [0.05, 0.1) is 31.9 Å². The fourth-order valence-electron chi connectivity index (χ4n) is 4.66. The van der Waals surface area contributed by atoms with Crippen molar-refractivity contribution in [3.05, 3.63) is 77.3 Å². The number of carbonyl (C=O) groups excluding carboxylic acids is 2. The van der Waals surface area contributed by atoms with Crippen LogP contribution in [-0.4, -0.2) is 72.1 Å². The highest BCUT2D eigenvalue weighted by molar-refractivity contribution is 7.92. The van der Waals surface area contributed by atoms with Gasteiger partial charge in [0.2, 0.25) is 11.8 Å². The maximum Gasteiger partial charge on any atom is 0.265 e. The molecule has 3 aromatic rings. The number of hydrogen-bond donors (Lipinski definition) is 1. The number of amides is 2. The highest BCUT2D eigenvalue weighted by Crippen LogP contribution is 2.37. The molecule has 0 fully saturated rings. The number of methoxy groups -OCH3 is 3. The second kappa shape index (κ2) is 15.5. The summed E-state index contributed by atoms with van der Waals surface area (Å²) in [6, 6.07) is 17.4. The predicted octanol–water partition coefficient (Wildman–Crippen LogP) is 4.55. The maximum atomic E-state index is 14.3. The van der Waals surface area contributed by atoms with Crippen molar-refractivity contribution in [3.63, 3.8) is 0 Å². The van der Waals surface area contributed by atoms with Crippen molar-refractivity contribution in [1.29, 1.82) is 0 Å². The molecule has 0 aliphatic rings. The Kier molecular flexibility index (Phi) is 12.1. The van der Waals surface area contributed by atoms with Crippen LogP contribution in [0.4, 0.5) is 5.69 Å². The van der Waals surface area contributed by atoms with Gasteiger partial charge in [-0.3, -0.25) is 13.9 Å². The molecule has 0 unspecified atom stereocenters. The minimum atomic E-state index is -4.41. The van der Waals surface area contributed by atoms with Crippen LogP contribution in [0.25, 0.3) is 0 Å². The molecule has 0 aliphatic heterocycles. The number of halogens is 1. The van der Waals surface area contributed by atoms with Crippen LogP contribution in [-0.2, 0) is 26.0 Å². The molecule has 232 valence electrons. The smallest absolute Gasteiger partial charge is 0.265 e. The molecular formula is C31H38ClN3O7S. The van der Waals surface area contributed by atoms with Gasteiger partial charge in [-0.15, -0.1) is 0 Å². The molecule has 0 saturated carbocycles. The number of benzene rings is 3. The molecular weight excluding hydrogens is 594 g/mol. The number of anilines is 1. The summed E-state index contributed by atoms with van der Waals surface area (Å²) in [5, 5.41) is 3.03. The second-order valence-electron chi connectivity index (χ2n) is 9.49. The first-order valence-electron chi connectivity index (χ1n) is 13.8. The van der Waals surface area contributed by atoms with Crippen LogP contribution < -0.4 is 23.8 Å². The van der Waals surface area contributed by atoms with Gasteiger partial charge >= 0.3 is 0 Å². The normalized spacial score (nSPS) is 11.8. The number of rotatable bonds is 15. The maximum absolute atomic E-state index is 14.3. The summed E-state index contributed by atoms with van der Waals surface area (Å²) in [7, 11) is -0.179. The topological polar surface area (TPSA) is 114 Å². The van der Waals surface area contributed by atoms with E-state index >= 15 is 0 Å². The van der Waals surface area contributed by atoms with E-state index in [2.05, 4.69) is 5.32 Å². The Labute approximate surface area is 258 Å². The predicted molar refractivity (Wildman–Crippen MR) is 167 cm³/mol. The van der Waals surface area contributed by atoms with E-state index < -0.39 is 28.5 Å². The van der Waals surface area contributed by atoms with Crippen molar-refractivity contribution in [2.24, 2.45) is 0 Å². The van der Waals surface area contributed by atoms with Gasteiger partial charge < -0.3 is 24.4 Å². The molecule has 0 spiro atoms. The van der Waals surface area contributed by atoms with Gasteiger partial charge in [-0.25, -0.2) is 8.42 Å². The lowest BCUT2D eigenvalue weighted by Crippen LogP contribution is -2.53. The number of nitrogens with one attached hydrogen (secondary N) is 1. The van der Waals surface area contributed by atoms with E-state index in [0.717, 1.165) is 9.87 Å². The Morgan fingerprint density at radius 2 is 1.53 bits per heavy atom. The SMILES string of the molecule is CCNC(=O)[C@@H](CC)N(CCc1ccccc1)C(=O)CN(c1cc(Cl)ccc1OC)S(=O)(=O)c1ccc(OC)c(OC)c1. The third kappa shape index (κ3) is 8.11. The zero-order valence-electron chi connectivity index (χ0n) is 25.0. The highest BCUT2D eigenvalue weighted by atomic mass is 35.5. The van der Waals surface area contributed by atoms with Gasteiger partial charge in [-0.1, -0.05) is 48.9 Å². The van der Waals surface area contributed by atoms with E-state index in [-0.39, 0.29) is 39.6 Å². The Morgan fingerprint density at radius 3 is 2.14 bits per heavy atom. The van der Waals surface area contributed by atoms with E-state index in [4.69, 9.17) is 25.8 Å².